The lowest BCUT2D eigenvalue weighted by Crippen LogP contribution is -2.62. The molecule has 147 heavy (non-hydrogen) atoms. The number of phenolic OH excluding ortho intramolecular Hbond substituents is 2. The van der Waals surface area contributed by atoms with Crippen LogP contribution in [0, 0.1) is 0 Å². The van der Waals surface area contributed by atoms with Gasteiger partial charge in [0.15, 0.2) is 0 Å². The van der Waals surface area contributed by atoms with Crippen LogP contribution in [0.25, 0.3) is 21.8 Å². The number of carbonyl (C=O) groups excluding carboxylic acids is 19. The van der Waals surface area contributed by atoms with Crippen LogP contribution in [-0.2, 0) is 128 Å². The summed E-state index contributed by atoms with van der Waals surface area (Å²) < 4.78 is 0. The van der Waals surface area contributed by atoms with Gasteiger partial charge in [-0.1, -0.05) is 91.0 Å². The van der Waals surface area contributed by atoms with Crippen molar-refractivity contribution in [3.05, 3.63) is 168 Å². The van der Waals surface area contributed by atoms with Crippen LogP contribution in [0.15, 0.2) is 140 Å². The third-order valence-electron chi connectivity index (χ3n) is 23.0. The fourth-order valence-corrected chi connectivity index (χ4v) is 15.5. The second-order valence-electron chi connectivity index (χ2n) is 33.7. The monoisotopic (exact) mass is 2090 g/mol. The average molecular weight is 2090 g/mol. The van der Waals surface area contributed by atoms with E-state index in [1.807, 2.05) is 10.6 Å². The fourth-order valence-electron chi connectivity index (χ4n) is 15.0. The van der Waals surface area contributed by atoms with Gasteiger partial charge in [-0.3, -0.25) is 91.1 Å². The molecular formula is C92H118N22O31S2. The molecule has 0 saturated carbocycles. The number of nitrogens with zero attached hydrogens (tertiary/aromatic N) is 1. The van der Waals surface area contributed by atoms with Gasteiger partial charge in [-0.2, -0.15) is 25.3 Å². The maximum absolute atomic E-state index is 15.3. The molecule has 17 atom stereocenters. The number of nitrogens with two attached hydrogens (primary N) is 2. The number of nitrogens with one attached hydrogen (secondary N) is 19. The summed E-state index contributed by atoms with van der Waals surface area (Å²) in [5.74, 6) is -25.1. The highest BCUT2D eigenvalue weighted by molar-refractivity contribution is 7.80. The molecule has 2 aromatic heterocycles. The largest absolute Gasteiger partial charge is 0.508 e. The van der Waals surface area contributed by atoms with Gasteiger partial charge in [0.2, 0.25) is 112 Å². The van der Waals surface area contributed by atoms with E-state index in [9.17, 15) is 133 Å². The van der Waals surface area contributed by atoms with Crippen molar-refractivity contribution < 1.29 is 152 Å². The molecule has 34 N–H and O–H groups in total. The number of amides is 19. The fraction of sp³-hybridized carbons (Fsp3) is 0.413. The van der Waals surface area contributed by atoms with E-state index in [1.165, 1.54) is 54.7 Å². The van der Waals surface area contributed by atoms with Crippen molar-refractivity contribution in [2.24, 2.45) is 11.5 Å². The quantitative estimate of drug-likeness (QED) is 0.0157. The molecule has 53 nitrogen and oxygen atoms in total. The number of phenols is 2. The molecule has 19 amide bonds. The highest BCUT2D eigenvalue weighted by Gasteiger charge is 2.43. The van der Waals surface area contributed by atoms with E-state index >= 15 is 19.2 Å². The van der Waals surface area contributed by atoms with Crippen molar-refractivity contribution >= 4 is 165 Å². The molecule has 0 spiro atoms. The molecular weight excluding hydrogens is 1970 g/mol. The van der Waals surface area contributed by atoms with E-state index in [-0.39, 0.29) is 54.9 Å². The third-order valence-corrected chi connectivity index (χ3v) is 23.7. The summed E-state index contributed by atoms with van der Waals surface area (Å²) in [6.07, 6.45) is 0.404. The minimum Gasteiger partial charge on any atom is -0.508 e. The Hall–Kier alpha value is -15.5. The Morgan fingerprint density at radius 1 is 0.340 bits per heavy atom. The number of carbonyl (C=O) groups is 20. The molecule has 3 heterocycles. The number of aromatic amines is 2. The van der Waals surface area contributed by atoms with E-state index < -0.39 is 324 Å². The van der Waals surface area contributed by atoms with Crippen LogP contribution in [0.2, 0.25) is 0 Å². The number of aliphatic hydroxyl groups is 8. The number of para-hydroxylation sites is 2. The van der Waals surface area contributed by atoms with E-state index in [0.29, 0.717) is 38.5 Å². The number of H-pyrrole nitrogens is 2. The van der Waals surface area contributed by atoms with Gasteiger partial charge in [0.25, 0.3) is 0 Å². The molecule has 0 radical (unpaired) electrons. The third kappa shape index (κ3) is 34.9. The predicted octanol–water partition coefficient (Wildman–Crippen LogP) is -12.8. The molecule has 0 bridgehead atoms. The van der Waals surface area contributed by atoms with Crippen LogP contribution in [0.5, 0.6) is 11.5 Å². The number of benzene rings is 5. The number of hydrogen-bond donors (Lipinski definition) is 34. The number of aromatic nitrogens is 2. The maximum atomic E-state index is 15.3. The van der Waals surface area contributed by atoms with Gasteiger partial charge in [-0.15, -0.1) is 0 Å². The molecule has 0 aliphatic carbocycles. The lowest BCUT2D eigenvalue weighted by atomic mass is 10.0. The minimum absolute atomic E-state index is 0.0458. The number of carboxylic acids is 1. The highest BCUT2D eigenvalue weighted by Crippen LogP contribution is 2.24. The van der Waals surface area contributed by atoms with E-state index in [2.05, 4.69) is 115 Å². The van der Waals surface area contributed by atoms with Crippen LogP contribution >= 0.6 is 25.3 Å². The highest BCUT2D eigenvalue weighted by atomic mass is 32.1. The van der Waals surface area contributed by atoms with Gasteiger partial charge in [0, 0.05) is 84.4 Å². The number of aromatic hydroxyl groups is 2. The number of carboxylic acid groups (broad SMARTS) is 1. The van der Waals surface area contributed by atoms with Crippen molar-refractivity contribution in [3.63, 3.8) is 0 Å². The number of rotatable bonds is 58. The number of aliphatic carboxylic acids is 1. The number of fused-ring (bicyclic) bond motifs is 2. The summed E-state index contributed by atoms with van der Waals surface area (Å²) in [5, 5.41) is 151. The van der Waals surface area contributed by atoms with Crippen molar-refractivity contribution in [2.45, 2.75) is 154 Å². The topological polar surface area (TPSA) is 855 Å². The summed E-state index contributed by atoms with van der Waals surface area (Å²) in [5.41, 5.74) is 13.7. The normalized spacial score (nSPS) is 15.4. The first-order valence-corrected chi connectivity index (χ1v) is 46.9. The Labute approximate surface area is 847 Å². The van der Waals surface area contributed by atoms with Crippen LogP contribution in [0.4, 0.5) is 0 Å². The summed E-state index contributed by atoms with van der Waals surface area (Å²) in [7, 11) is 0. The van der Waals surface area contributed by atoms with Gasteiger partial charge >= 0.3 is 5.97 Å². The van der Waals surface area contributed by atoms with Crippen molar-refractivity contribution in [2.75, 3.05) is 84.0 Å². The number of likely N-dealkylation sites (tertiary alicyclic amines) is 1. The molecule has 1 saturated heterocycles. The summed E-state index contributed by atoms with van der Waals surface area (Å²) in [6, 6.07) is 1.82. The second-order valence-corrected chi connectivity index (χ2v) is 34.4. The Morgan fingerprint density at radius 2 is 0.660 bits per heavy atom. The standard InChI is InChI=1S/C92H118N22O31S2/c93-54(35-115)76(128)112-70(43-146)88(140)105-62(30-73(94)125)82(134)107-66(39-119)86(138)109-67(40-120)87(139)108-65(38-118)84(136)102-58(26-46-16-20-50(123)21-17-46)78(130)106-64(37-117)85(137)103-60(28-48-31-95-55-13-6-4-11-52(48)55)81(133)101-59(27-47-18-22-51(124)23-19-47)79(131)113-71(44-147)89(141)104-61(29-49-32-96-56-14-7-5-12-53(49)56)80(132)100-57(25-45-9-2-1-3-10-45)77(129)98-33-74(126)97-34-75(127)99-63(36-116)83(135)110-68(41-121)91(143)114-24-8-15-72(114)90(142)111-69(42-122)92(144)145/h1-7,9-14,16-23,31-32,54,57-72,95-96,115-124,146-147H,8,15,24-30,33-44,93H2,(H2,94,125)(H,97,126)(H,98,129)(H,99,127)(H,100,132)(H,101,133)(H,102,136)(H,103,137)(H,104,141)(H,105,140)(H,106,130)(H,107,134)(H,108,139)(H,109,138)(H,110,135)(H,111,142)(H,112,128)(H,113,131)(H,144,145)/t54-,57-,58-,59-,60-,61-,62-,63-,64-,65-,66-,67-,68-,69-,70-,71-,72-/m0/s1. The van der Waals surface area contributed by atoms with Gasteiger partial charge in [0.05, 0.1) is 72.4 Å². The predicted molar refractivity (Wildman–Crippen MR) is 521 cm³/mol. The Bertz CT molecular complexity index is 5810. The zero-order chi connectivity index (χ0) is 108. The molecule has 0 unspecified atom stereocenters. The number of primary amides is 1. The van der Waals surface area contributed by atoms with Gasteiger partial charge in [-0.25, -0.2) is 4.79 Å². The number of hydrogen-bond acceptors (Lipinski definition) is 33. The Kier molecular flexibility index (Phi) is 46.0. The molecule has 8 rings (SSSR count). The smallest absolute Gasteiger partial charge is 0.328 e. The lowest BCUT2D eigenvalue weighted by Gasteiger charge is -2.29. The number of thiol groups is 2. The van der Waals surface area contributed by atoms with E-state index in [1.54, 1.807) is 85.1 Å². The van der Waals surface area contributed by atoms with Crippen LogP contribution < -0.4 is 102 Å². The lowest BCUT2D eigenvalue weighted by molar-refractivity contribution is -0.146. The zero-order valence-electron chi connectivity index (χ0n) is 78.5. The molecule has 1 fully saturated rings. The summed E-state index contributed by atoms with van der Waals surface area (Å²) >= 11 is 8.42. The Morgan fingerprint density at radius 3 is 1.05 bits per heavy atom. The van der Waals surface area contributed by atoms with Crippen LogP contribution in [0.3, 0.4) is 0 Å². The first-order chi connectivity index (χ1) is 70.2. The van der Waals surface area contributed by atoms with Crippen molar-refractivity contribution in [3.8, 4) is 11.5 Å². The summed E-state index contributed by atoms with van der Waals surface area (Å²) in [6.45, 7) is -10.9. The first-order valence-electron chi connectivity index (χ1n) is 45.7. The Balaban J connectivity index is 0.969. The van der Waals surface area contributed by atoms with Gasteiger partial charge in [0.1, 0.15) is 114 Å². The van der Waals surface area contributed by atoms with E-state index in [4.69, 9.17) is 11.5 Å². The SMILES string of the molecule is NC(=O)C[C@H](NC(=O)[C@H](CS)NC(=O)[C@@H](N)CO)C(=O)N[C@@H](CO)C(=O)N[C@@H](CO)C(=O)N[C@@H](CO)C(=O)N[C@@H](Cc1ccc(O)cc1)C(=O)N[C@@H](CO)C(=O)N[C@@H](Cc1c[nH]c2ccccc12)C(=O)N[C@@H](Cc1ccc(O)cc1)C(=O)N[C@@H](CS)C(=O)N[C@@H](Cc1c[nH]c2ccccc12)C(=O)N[C@@H](Cc1ccccc1)C(=O)NCC(=O)NCC(=O)N[C@@H](CO)C(=O)N[C@@H](CO)C(=O)N1CCC[C@H]1C(=O)N[C@@H](CO)C(=O)O. The first kappa shape index (κ1) is 117. The van der Waals surface area contributed by atoms with Gasteiger partial charge in [-0.05, 0) is 77.1 Å². The van der Waals surface area contributed by atoms with Crippen molar-refractivity contribution in [1.29, 1.82) is 0 Å². The molecule has 1 aliphatic heterocycles. The molecule has 5 aromatic carbocycles. The molecule has 1 aliphatic rings. The average Bonchev–Trinajstić information content (AvgIpc) is 1.60. The minimum atomic E-state index is -2.09. The van der Waals surface area contributed by atoms with Gasteiger partial charge < -0.3 is 173 Å². The molecule has 7 aromatic rings. The zero-order valence-corrected chi connectivity index (χ0v) is 80.3. The second kappa shape index (κ2) is 57.9. The molecule has 794 valence electrons. The van der Waals surface area contributed by atoms with Crippen molar-refractivity contribution in [1.82, 2.24) is 105 Å². The summed E-state index contributed by atoms with van der Waals surface area (Å²) in [4.78, 5) is 282. The van der Waals surface area contributed by atoms with Crippen LogP contribution in [0.1, 0.15) is 47.1 Å². The van der Waals surface area contributed by atoms with Crippen LogP contribution in [-0.4, -0.2) is 376 Å². The maximum Gasteiger partial charge on any atom is 0.328 e. The van der Waals surface area contributed by atoms with E-state index in [0.717, 1.165) is 4.90 Å². The number of aliphatic hydroxyl groups excluding tert-OH is 8. The molecule has 55 heteroatoms.